The zero-order chi connectivity index (χ0) is 11.0. The Labute approximate surface area is 96.6 Å². The molecule has 0 radical (unpaired) electrons. The summed E-state index contributed by atoms with van der Waals surface area (Å²) >= 11 is 0. The van der Waals surface area contributed by atoms with Gasteiger partial charge in [-0.1, -0.05) is 49.4 Å². The molecule has 0 atom stereocenters. The molecule has 0 bridgehead atoms. The lowest BCUT2D eigenvalue weighted by atomic mass is 9.87. The molecule has 16 heavy (non-hydrogen) atoms. The smallest absolute Gasteiger partial charge is 0.0146 e. The normalized spacial score (nSPS) is 14.1. The largest absolute Gasteiger partial charge is 0.0836 e. The molecule has 1 aliphatic carbocycles. The van der Waals surface area contributed by atoms with Crippen molar-refractivity contribution in [3.63, 3.8) is 0 Å². The van der Waals surface area contributed by atoms with Gasteiger partial charge in [0.1, 0.15) is 0 Å². The topological polar surface area (TPSA) is 0 Å². The van der Waals surface area contributed by atoms with Gasteiger partial charge in [0, 0.05) is 0 Å². The van der Waals surface area contributed by atoms with Crippen LogP contribution < -0.4 is 0 Å². The molecule has 0 aliphatic heterocycles. The van der Waals surface area contributed by atoms with Crippen LogP contribution in [0.5, 0.6) is 0 Å². The molecule has 2 aromatic rings. The van der Waals surface area contributed by atoms with Gasteiger partial charge in [-0.15, -0.1) is 0 Å². The fraction of sp³-hybridized carbons (Fsp3) is 0.250. The second kappa shape index (κ2) is 3.79. The van der Waals surface area contributed by atoms with Crippen molar-refractivity contribution in [3.8, 4) is 0 Å². The number of rotatable bonds is 1. The summed E-state index contributed by atoms with van der Waals surface area (Å²) in [6.45, 7) is 2.24. The van der Waals surface area contributed by atoms with Crippen LogP contribution in [0.25, 0.3) is 16.8 Å². The Morgan fingerprint density at radius 1 is 1.19 bits per heavy atom. The van der Waals surface area contributed by atoms with Gasteiger partial charge in [-0.2, -0.15) is 0 Å². The van der Waals surface area contributed by atoms with E-state index in [9.17, 15) is 0 Å². The van der Waals surface area contributed by atoms with Gasteiger partial charge >= 0.3 is 0 Å². The third kappa shape index (κ3) is 1.37. The Bertz CT molecular complexity index is 562. The van der Waals surface area contributed by atoms with Crippen LogP contribution in [0.1, 0.15) is 30.0 Å². The first-order valence-electron chi connectivity index (χ1n) is 6.10. The number of fused-ring (bicyclic) bond motifs is 3. The van der Waals surface area contributed by atoms with Gasteiger partial charge in [0.05, 0.1) is 0 Å². The second-order valence-corrected chi connectivity index (χ2v) is 4.44. The van der Waals surface area contributed by atoms with Crippen molar-refractivity contribution in [1.82, 2.24) is 0 Å². The summed E-state index contributed by atoms with van der Waals surface area (Å²) in [6.07, 6.45) is 8.11. The highest BCUT2D eigenvalue weighted by Crippen LogP contribution is 2.31. The highest BCUT2D eigenvalue weighted by molar-refractivity contribution is 5.90. The molecule has 0 saturated heterocycles. The van der Waals surface area contributed by atoms with E-state index in [-0.39, 0.29) is 0 Å². The van der Waals surface area contributed by atoms with Crippen molar-refractivity contribution < 1.29 is 0 Å². The van der Waals surface area contributed by atoms with Crippen LogP contribution >= 0.6 is 0 Å². The van der Waals surface area contributed by atoms with Gasteiger partial charge in [0.2, 0.25) is 0 Å². The average molecular weight is 208 g/mol. The first-order valence-corrected chi connectivity index (χ1v) is 6.10. The predicted octanol–water partition coefficient (Wildman–Crippen LogP) is 4.36. The third-order valence-electron chi connectivity index (χ3n) is 3.51. The first kappa shape index (κ1) is 9.65. The van der Waals surface area contributed by atoms with E-state index >= 15 is 0 Å². The zero-order valence-corrected chi connectivity index (χ0v) is 9.66. The quantitative estimate of drug-likeness (QED) is 0.653. The molecule has 3 rings (SSSR count). The molecule has 0 unspecified atom stereocenters. The van der Waals surface area contributed by atoms with Crippen molar-refractivity contribution in [3.05, 3.63) is 53.1 Å². The number of aryl methyl sites for hydroxylation is 2. The van der Waals surface area contributed by atoms with E-state index in [0.717, 1.165) is 6.42 Å². The molecule has 0 heteroatoms. The van der Waals surface area contributed by atoms with Crippen LogP contribution in [0.2, 0.25) is 0 Å². The Kier molecular flexibility index (Phi) is 2.28. The maximum atomic E-state index is 2.35. The van der Waals surface area contributed by atoms with E-state index in [2.05, 4.69) is 49.4 Å². The Hall–Kier alpha value is -1.56. The van der Waals surface area contributed by atoms with Crippen molar-refractivity contribution in [1.29, 1.82) is 0 Å². The summed E-state index contributed by atoms with van der Waals surface area (Å²) in [7, 11) is 0. The maximum absolute atomic E-state index is 2.35. The van der Waals surface area contributed by atoms with E-state index in [0.29, 0.717) is 0 Å². The van der Waals surface area contributed by atoms with Crippen molar-refractivity contribution in [2.75, 3.05) is 0 Å². The summed E-state index contributed by atoms with van der Waals surface area (Å²) in [5, 5.41) is 2.84. The van der Waals surface area contributed by atoms with Crippen LogP contribution in [0.3, 0.4) is 0 Å². The SMILES string of the molecule is CCc1cc2ccccc2c2c1C=CCC2. The van der Waals surface area contributed by atoms with Crippen molar-refractivity contribution in [2.45, 2.75) is 26.2 Å². The molecular weight excluding hydrogens is 192 g/mol. The molecule has 0 spiro atoms. The number of benzene rings is 2. The van der Waals surface area contributed by atoms with Gasteiger partial charge in [0.25, 0.3) is 0 Å². The summed E-state index contributed by atoms with van der Waals surface area (Å²) in [6, 6.07) is 11.1. The van der Waals surface area contributed by atoms with Crippen LogP contribution in [-0.4, -0.2) is 0 Å². The minimum atomic E-state index is 1.12. The molecule has 80 valence electrons. The monoisotopic (exact) mass is 208 g/mol. The van der Waals surface area contributed by atoms with Gasteiger partial charge in [-0.3, -0.25) is 0 Å². The summed E-state index contributed by atoms with van der Waals surface area (Å²) in [5.41, 5.74) is 4.52. The van der Waals surface area contributed by atoms with Crippen LogP contribution in [-0.2, 0) is 12.8 Å². The minimum Gasteiger partial charge on any atom is -0.0836 e. The fourth-order valence-corrected chi connectivity index (χ4v) is 2.70. The zero-order valence-electron chi connectivity index (χ0n) is 9.66. The maximum Gasteiger partial charge on any atom is -0.0146 e. The molecule has 0 nitrogen and oxygen atoms in total. The third-order valence-corrected chi connectivity index (χ3v) is 3.51. The highest BCUT2D eigenvalue weighted by Gasteiger charge is 2.12. The van der Waals surface area contributed by atoms with Crippen molar-refractivity contribution >= 4 is 16.8 Å². The molecule has 0 aromatic heterocycles. The van der Waals surface area contributed by atoms with E-state index in [1.165, 1.54) is 34.7 Å². The molecule has 1 aliphatic rings. The van der Waals surface area contributed by atoms with E-state index < -0.39 is 0 Å². The molecule has 0 N–H and O–H groups in total. The summed E-state index contributed by atoms with van der Waals surface area (Å²) < 4.78 is 0. The molecule has 2 aromatic carbocycles. The highest BCUT2D eigenvalue weighted by atomic mass is 14.2. The van der Waals surface area contributed by atoms with Gasteiger partial charge in [-0.05, 0) is 46.7 Å². The molecule has 0 fully saturated rings. The number of allylic oxidation sites excluding steroid dienone is 1. The molecule has 0 amide bonds. The van der Waals surface area contributed by atoms with Crippen LogP contribution in [0.15, 0.2) is 36.4 Å². The Morgan fingerprint density at radius 2 is 2.06 bits per heavy atom. The minimum absolute atomic E-state index is 1.12. The number of hydrogen-bond acceptors (Lipinski definition) is 0. The van der Waals surface area contributed by atoms with Crippen LogP contribution in [0, 0.1) is 0 Å². The standard InChI is InChI=1S/C16H16/c1-2-12-11-13-7-3-4-9-15(13)16-10-6-5-8-14(12)16/h3-5,7-9,11H,2,6,10H2,1H3. The summed E-state index contributed by atoms with van der Waals surface area (Å²) in [4.78, 5) is 0. The van der Waals surface area contributed by atoms with Crippen molar-refractivity contribution in [2.24, 2.45) is 0 Å². The Morgan fingerprint density at radius 3 is 2.94 bits per heavy atom. The molecule has 0 saturated carbocycles. The Balaban J connectivity index is 2.41. The van der Waals surface area contributed by atoms with E-state index in [1.807, 2.05) is 0 Å². The van der Waals surface area contributed by atoms with E-state index in [4.69, 9.17) is 0 Å². The lowest BCUT2D eigenvalue weighted by Crippen LogP contribution is -2.00. The number of hydrogen-bond donors (Lipinski definition) is 0. The molecule has 0 heterocycles. The average Bonchev–Trinajstić information content (AvgIpc) is 2.38. The second-order valence-electron chi connectivity index (χ2n) is 4.44. The molecular formula is C16H16. The van der Waals surface area contributed by atoms with E-state index in [1.54, 1.807) is 5.56 Å². The fourth-order valence-electron chi connectivity index (χ4n) is 2.70. The lowest BCUT2D eigenvalue weighted by molar-refractivity contribution is 0.983. The predicted molar refractivity (Wildman–Crippen MR) is 70.7 cm³/mol. The van der Waals surface area contributed by atoms with Gasteiger partial charge < -0.3 is 0 Å². The lowest BCUT2D eigenvalue weighted by Gasteiger charge is -2.17. The summed E-state index contributed by atoms with van der Waals surface area (Å²) in [5.74, 6) is 0. The first-order chi connectivity index (χ1) is 7.90. The van der Waals surface area contributed by atoms with Gasteiger partial charge in [0.15, 0.2) is 0 Å². The van der Waals surface area contributed by atoms with Gasteiger partial charge in [-0.25, -0.2) is 0 Å². The van der Waals surface area contributed by atoms with Crippen LogP contribution in [0.4, 0.5) is 0 Å².